The van der Waals surface area contributed by atoms with E-state index in [0.29, 0.717) is 0 Å². The fourth-order valence-corrected chi connectivity index (χ4v) is 1.21. The SMILES string of the molecule is O=[C]N(F)C1CCCC1. The summed E-state index contributed by atoms with van der Waals surface area (Å²) in [6, 6.07) is -0.178. The second-order valence-corrected chi connectivity index (χ2v) is 2.34. The van der Waals surface area contributed by atoms with E-state index < -0.39 is 0 Å². The first-order valence-corrected chi connectivity index (χ1v) is 3.17. The van der Waals surface area contributed by atoms with Crippen molar-refractivity contribution in [1.82, 2.24) is 5.12 Å². The lowest BCUT2D eigenvalue weighted by Crippen LogP contribution is -2.23. The van der Waals surface area contributed by atoms with Gasteiger partial charge >= 0.3 is 6.41 Å². The van der Waals surface area contributed by atoms with Crippen molar-refractivity contribution in [3.05, 3.63) is 0 Å². The summed E-state index contributed by atoms with van der Waals surface area (Å²) >= 11 is 0. The van der Waals surface area contributed by atoms with E-state index in [9.17, 15) is 9.28 Å². The molecule has 1 fully saturated rings. The summed E-state index contributed by atoms with van der Waals surface area (Å²) in [4.78, 5) is 9.72. The van der Waals surface area contributed by atoms with Crippen LogP contribution in [0, 0.1) is 0 Å². The van der Waals surface area contributed by atoms with Gasteiger partial charge in [0, 0.05) is 0 Å². The van der Waals surface area contributed by atoms with Gasteiger partial charge < -0.3 is 0 Å². The minimum atomic E-state index is -0.178. The fourth-order valence-electron chi connectivity index (χ4n) is 1.21. The maximum absolute atomic E-state index is 12.2. The maximum Gasteiger partial charge on any atom is 0.342 e. The molecule has 0 heterocycles. The van der Waals surface area contributed by atoms with Crippen LogP contribution in [0.3, 0.4) is 0 Å². The van der Waals surface area contributed by atoms with Crippen molar-refractivity contribution >= 4 is 6.41 Å². The van der Waals surface area contributed by atoms with Gasteiger partial charge in [-0.1, -0.05) is 17.3 Å². The smallest absolute Gasteiger partial charge is 0.261 e. The monoisotopic (exact) mass is 130 g/mol. The lowest BCUT2D eigenvalue weighted by atomic mass is 10.3. The second-order valence-electron chi connectivity index (χ2n) is 2.34. The number of rotatable bonds is 2. The van der Waals surface area contributed by atoms with Gasteiger partial charge in [0.1, 0.15) is 0 Å². The minimum absolute atomic E-state index is 0.160. The first-order valence-electron chi connectivity index (χ1n) is 3.17. The molecule has 0 atom stereocenters. The number of hydrogen-bond donors (Lipinski definition) is 0. The Kier molecular flexibility index (Phi) is 2.03. The van der Waals surface area contributed by atoms with E-state index in [0.717, 1.165) is 25.7 Å². The highest BCUT2D eigenvalue weighted by Crippen LogP contribution is 2.22. The average Bonchev–Trinajstić information content (AvgIpc) is 2.37. The highest BCUT2D eigenvalue weighted by atomic mass is 19.2. The van der Waals surface area contributed by atoms with Crippen LogP contribution in [-0.2, 0) is 4.79 Å². The molecule has 1 amide bonds. The van der Waals surface area contributed by atoms with E-state index in [1.807, 2.05) is 0 Å². The van der Waals surface area contributed by atoms with Gasteiger partial charge in [0.25, 0.3) is 0 Å². The predicted molar refractivity (Wildman–Crippen MR) is 30.9 cm³/mol. The fraction of sp³-hybridized carbons (Fsp3) is 0.833. The third kappa shape index (κ3) is 1.40. The summed E-state index contributed by atoms with van der Waals surface area (Å²) in [5.74, 6) is 0. The van der Waals surface area contributed by atoms with Crippen LogP contribution < -0.4 is 0 Å². The largest absolute Gasteiger partial charge is 0.342 e. The van der Waals surface area contributed by atoms with Gasteiger partial charge in [-0.05, 0) is 12.8 Å². The zero-order valence-electron chi connectivity index (χ0n) is 5.14. The second kappa shape index (κ2) is 2.80. The number of hydrogen-bond acceptors (Lipinski definition) is 1. The molecule has 0 bridgehead atoms. The summed E-state index contributed by atoms with van der Waals surface area (Å²) in [6.45, 7) is 0. The van der Waals surface area contributed by atoms with Crippen LogP contribution in [0.4, 0.5) is 4.48 Å². The Hall–Kier alpha value is -0.600. The van der Waals surface area contributed by atoms with Gasteiger partial charge in [-0.2, -0.15) is 5.12 Å². The number of amides is 1. The molecule has 0 spiro atoms. The summed E-state index contributed by atoms with van der Waals surface area (Å²) in [5, 5.41) is 0.160. The Morgan fingerprint density at radius 3 is 2.44 bits per heavy atom. The molecule has 0 aromatic carbocycles. The van der Waals surface area contributed by atoms with E-state index >= 15 is 0 Å². The minimum Gasteiger partial charge on any atom is -0.261 e. The topological polar surface area (TPSA) is 20.3 Å². The number of carbonyl (C=O) groups excluding carboxylic acids is 1. The van der Waals surface area contributed by atoms with Crippen LogP contribution in [0.5, 0.6) is 0 Å². The summed E-state index contributed by atoms with van der Waals surface area (Å²) in [6.07, 6.45) is 4.89. The molecule has 0 aromatic heterocycles. The molecule has 0 aliphatic heterocycles. The Labute approximate surface area is 53.6 Å². The standard InChI is InChI=1S/C6H9FNO/c7-8(5-9)6-3-1-2-4-6/h6H,1-4H2. The molecule has 3 heteroatoms. The molecule has 1 aliphatic rings. The summed E-state index contributed by atoms with van der Waals surface area (Å²) in [7, 11) is 0. The molecule has 9 heavy (non-hydrogen) atoms. The third-order valence-corrected chi connectivity index (χ3v) is 1.73. The third-order valence-electron chi connectivity index (χ3n) is 1.73. The molecule has 1 saturated carbocycles. The van der Waals surface area contributed by atoms with Gasteiger partial charge in [0.15, 0.2) is 0 Å². The van der Waals surface area contributed by atoms with E-state index in [2.05, 4.69) is 0 Å². The Balaban J connectivity index is 2.32. The first kappa shape index (κ1) is 6.52. The number of halogens is 1. The lowest BCUT2D eigenvalue weighted by Gasteiger charge is -2.10. The van der Waals surface area contributed by atoms with Crippen LogP contribution in [0.15, 0.2) is 0 Å². The molecule has 2 nitrogen and oxygen atoms in total. The quantitative estimate of drug-likeness (QED) is 0.406. The molecule has 1 radical (unpaired) electrons. The molecule has 0 N–H and O–H groups in total. The molecule has 1 aliphatic carbocycles. The van der Waals surface area contributed by atoms with Gasteiger partial charge in [-0.25, -0.2) is 0 Å². The Morgan fingerprint density at radius 2 is 2.00 bits per heavy atom. The van der Waals surface area contributed by atoms with Crippen LogP contribution in [-0.4, -0.2) is 17.6 Å². The molecular weight excluding hydrogens is 121 g/mol. The Morgan fingerprint density at radius 1 is 1.44 bits per heavy atom. The first-order chi connectivity index (χ1) is 4.34. The van der Waals surface area contributed by atoms with Crippen LogP contribution >= 0.6 is 0 Å². The lowest BCUT2D eigenvalue weighted by molar-refractivity contribution is 0.0646. The van der Waals surface area contributed by atoms with E-state index in [1.165, 1.54) is 6.41 Å². The highest BCUT2D eigenvalue weighted by Gasteiger charge is 2.21. The van der Waals surface area contributed by atoms with Gasteiger partial charge in [0.2, 0.25) is 0 Å². The van der Waals surface area contributed by atoms with Crippen LogP contribution in [0.2, 0.25) is 0 Å². The molecule has 51 valence electrons. The molecular formula is C6H9FNO. The predicted octanol–water partition coefficient (Wildman–Crippen LogP) is 1.18. The van der Waals surface area contributed by atoms with Crippen molar-refractivity contribution in [2.75, 3.05) is 0 Å². The van der Waals surface area contributed by atoms with E-state index in [-0.39, 0.29) is 11.2 Å². The molecule has 1 rings (SSSR count). The van der Waals surface area contributed by atoms with Crippen molar-refractivity contribution < 1.29 is 9.28 Å². The van der Waals surface area contributed by atoms with E-state index in [4.69, 9.17) is 0 Å². The zero-order chi connectivity index (χ0) is 6.69. The normalized spacial score (nSPS) is 20.1. The van der Waals surface area contributed by atoms with Crippen molar-refractivity contribution in [2.24, 2.45) is 0 Å². The molecule has 0 aromatic rings. The molecule has 0 saturated heterocycles. The Bertz CT molecular complexity index is 101. The maximum atomic E-state index is 12.2. The van der Waals surface area contributed by atoms with Crippen LogP contribution in [0.1, 0.15) is 25.7 Å². The average molecular weight is 130 g/mol. The summed E-state index contributed by atoms with van der Waals surface area (Å²) < 4.78 is 12.2. The molecule has 0 unspecified atom stereocenters. The van der Waals surface area contributed by atoms with Gasteiger partial charge in [0.05, 0.1) is 6.04 Å². The van der Waals surface area contributed by atoms with E-state index in [1.54, 1.807) is 0 Å². The van der Waals surface area contributed by atoms with Gasteiger partial charge in [-0.3, -0.25) is 4.79 Å². The zero-order valence-corrected chi connectivity index (χ0v) is 5.14. The number of nitrogens with zero attached hydrogens (tertiary/aromatic N) is 1. The van der Waals surface area contributed by atoms with Crippen molar-refractivity contribution in [1.29, 1.82) is 0 Å². The van der Waals surface area contributed by atoms with Crippen molar-refractivity contribution in [2.45, 2.75) is 31.7 Å². The summed E-state index contributed by atoms with van der Waals surface area (Å²) in [5.41, 5.74) is 0. The van der Waals surface area contributed by atoms with Gasteiger partial charge in [-0.15, -0.1) is 0 Å². The van der Waals surface area contributed by atoms with Crippen molar-refractivity contribution in [3.63, 3.8) is 0 Å². The van der Waals surface area contributed by atoms with Crippen LogP contribution in [0.25, 0.3) is 0 Å². The highest BCUT2D eigenvalue weighted by molar-refractivity contribution is 5.46. The van der Waals surface area contributed by atoms with Crippen molar-refractivity contribution in [3.8, 4) is 0 Å².